The van der Waals surface area contributed by atoms with Gasteiger partial charge in [0.25, 0.3) is 0 Å². The Morgan fingerprint density at radius 2 is 2.00 bits per heavy atom. The SMILES string of the molecule is CCc1ccc(OC)c(C(=O)C=CC(C)=CC(=O)O)c1. The molecule has 0 heterocycles. The maximum absolute atomic E-state index is 12.1. The van der Waals surface area contributed by atoms with Crippen molar-refractivity contribution < 1.29 is 19.4 Å². The second-order valence-corrected chi connectivity index (χ2v) is 4.31. The zero-order valence-corrected chi connectivity index (χ0v) is 11.8. The van der Waals surface area contributed by atoms with Crippen LogP contribution in [-0.2, 0) is 11.2 Å². The van der Waals surface area contributed by atoms with Crippen molar-refractivity contribution in [3.8, 4) is 5.75 Å². The highest BCUT2D eigenvalue weighted by molar-refractivity contribution is 6.07. The van der Waals surface area contributed by atoms with Crippen molar-refractivity contribution in [1.82, 2.24) is 0 Å². The molecular formula is C16H18O4. The van der Waals surface area contributed by atoms with E-state index in [1.807, 2.05) is 13.0 Å². The fraction of sp³-hybridized carbons (Fsp3) is 0.250. The summed E-state index contributed by atoms with van der Waals surface area (Å²) in [5.41, 5.74) is 2.02. The number of hydrogen-bond acceptors (Lipinski definition) is 3. The number of carbonyl (C=O) groups is 2. The highest BCUT2D eigenvalue weighted by atomic mass is 16.5. The van der Waals surface area contributed by atoms with E-state index in [0.29, 0.717) is 16.9 Å². The van der Waals surface area contributed by atoms with Crippen LogP contribution in [-0.4, -0.2) is 24.0 Å². The third-order valence-corrected chi connectivity index (χ3v) is 2.79. The summed E-state index contributed by atoms with van der Waals surface area (Å²) in [4.78, 5) is 22.6. The van der Waals surface area contributed by atoms with Crippen LogP contribution in [0.3, 0.4) is 0 Å². The first kappa shape index (κ1) is 15.7. The molecule has 4 nitrogen and oxygen atoms in total. The molecule has 0 saturated carbocycles. The highest BCUT2D eigenvalue weighted by Gasteiger charge is 2.10. The summed E-state index contributed by atoms with van der Waals surface area (Å²) >= 11 is 0. The molecule has 0 saturated heterocycles. The molecule has 0 atom stereocenters. The van der Waals surface area contributed by atoms with Gasteiger partial charge in [0.05, 0.1) is 12.7 Å². The highest BCUT2D eigenvalue weighted by Crippen LogP contribution is 2.21. The molecule has 4 heteroatoms. The van der Waals surface area contributed by atoms with Crippen molar-refractivity contribution in [1.29, 1.82) is 0 Å². The molecule has 20 heavy (non-hydrogen) atoms. The molecule has 0 aliphatic heterocycles. The standard InChI is InChI=1S/C16H18O4/c1-4-12-6-8-15(20-3)13(10-12)14(17)7-5-11(2)9-16(18)19/h5-10H,4H2,1-3H3,(H,18,19). The van der Waals surface area contributed by atoms with Gasteiger partial charge in [0.15, 0.2) is 5.78 Å². The minimum Gasteiger partial charge on any atom is -0.496 e. The molecule has 0 aromatic heterocycles. The van der Waals surface area contributed by atoms with Crippen LogP contribution >= 0.6 is 0 Å². The predicted octanol–water partition coefficient (Wildman–Crippen LogP) is 3.03. The lowest BCUT2D eigenvalue weighted by Crippen LogP contribution is -2.00. The molecule has 0 fully saturated rings. The second kappa shape index (κ2) is 7.28. The van der Waals surface area contributed by atoms with Gasteiger partial charge in [-0.1, -0.05) is 19.1 Å². The zero-order chi connectivity index (χ0) is 15.1. The lowest BCUT2D eigenvalue weighted by molar-refractivity contribution is -0.131. The number of benzene rings is 1. The van der Waals surface area contributed by atoms with Gasteiger partial charge in [-0.25, -0.2) is 4.79 Å². The van der Waals surface area contributed by atoms with Gasteiger partial charge in [0, 0.05) is 6.08 Å². The number of allylic oxidation sites excluding steroid dienone is 3. The molecule has 1 N–H and O–H groups in total. The number of aryl methyl sites for hydroxylation is 1. The Kier molecular flexibility index (Phi) is 5.72. The van der Waals surface area contributed by atoms with E-state index in [9.17, 15) is 9.59 Å². The summed E-state index contributed by atoms with van der Waals surface area (Å²) in [6, 6.07) is 5.47. The van der Waals surface area contributed by atoms with Crippen molar-refractivity contribution in [3.63, 3.8) is 0 Å². The molecule has 0 aliphatic carbocycles. The van der Waals surface area contributed by atoms with Gasteiger partial charge < -0.3 is 9.84 Å². The predicted molar refractivity (Wildman–Crippen MR) is 77.2 cm³/mol. The van der Waals surface area contributed by atoms with Crippen molar-refractivity contribution >= 4 is 11.8 Å². The van der Waals surface area contributed by atoms with Gasteiger partial charge in [-0.15, -0.1) is 0 Å². The molecule has 1 rings (SSSR count). The molecule has 0 spiro atoms. The van der Waals surface area contributed by atoms with Crippen LogP contribution in [0, 0.1) is 0 Å². The zero-order valence-electron chi connectivity index (χ0n) is 11.8. The Bertz CT molecular complexity index is 568. The van der Waals surface area contributed by atoms with Crippen LogP contribution < -0.4 is 4.74 Å². The van der Waals surface area contributed by atoms with E-state index in [1.54, 1.807) is 19.1 Å². The van der Waals surface area contributed by atoms with Crippen LogP contribution in [0.4, 0.5) is 0 Å². The van der Waals surface area contributed by atoms with Crippen molar-refractivity contribution in [2.24, 2.45) is 0 Å². The quantitative estimate of drug-likeness (QED) is 0.492. The number of carbonyl (C=O) groups excluding carboxylic acids is 1. The molecule has 0 amide bonds. The van der Waals surface area contributed by atoms with Crippen LogP contribution in [0.2, 0.25) is 0 Å². The average Bonchev–Trinajstić information content (AvgIpc) is 2.43. The van der Waals surface area contributed by atoms with Gasteiger partial charge in [-0.05, 0) is 42.7 Å². The van der Waals surface area contributed by atoms with Crippen LogP contribution in [0.1, 0.15) is 29.8 Å². The summed E-state index contributed by atoms with van der Waals surface area (Å²) in [5.74, 6) is -0.739. The third-order valence-electron chi connectivity index (χ3n) is 2.79. The third kappa shape index (κ3) is 4.39. The summed E-state index contributed by atoms with van der Waals surface area (Å²) in [6.45, 7) is 3.63. The molecule has 0 bridgehead atoms. The van der Waals surface area contributed by atoms with Gasteiger partial charge in [-0.3, -0.25) is 4.79 Å². The van der Waals surface area contributed by atoms with Gasteiger partial charge in [0.1, 0.15) is 5.75 Å². The van der Waals surface area contributed by atoms with Crippen LogP contribution in [0.5, 0.6) is 5.75 Å². The largest absolute Gasteiger partial charge is 0.496 e. The van der Waals surface area contributed by atoms with E-state index in [-0.39, 0.29) is 5.78 Å². The minimum atomic E-state index is -1.04. The molecule has 1 aromatic carbocycles. The molecule has 106 valence electrons. The van der Waals surface area contributed by atoms with E-state index >= 15 is 0 Å². The topological polar surface area (TPSA) is 63.6 Å². The normalized spacial score (nSPS) is 11.7. The number of aliphatic carboxylic acids is 1. The van der Waals surface area contributed by atoms with E-state index < -0.39 is 5.97 Å². The first-order valence-corrected chi connectivity index (χ1v) is 6.28. The summed E-state index contributed by atoms with van der Waals surface area (Å²) in [5, 5.41) is 8.60. The fourth-order valence-corrected chi connectivity index (χ4v) is 1.71. The van der Waals surface area contributed by atoms with Crippen LogP contribution in [0.15, 0.2) is 42.0 Å². The Labute approximate surface area is 118 Å². The number of carboxylic acids is 1. The fourth-order valence-electron chi connectivity index (χ4n) is 1.71. The van der Waals surface area contributed by atoms with E-state index in [4.69, 9.17) is 9.84 Å². The second-order valence-electron chi connectivity index (χ2n) is 4.31. The molecular weight excluding hydrogens is 256 g/mol. The summed E-state index contributed by atoms with van der Waals surface area (Å²) in [6.07, 6.45) is 4.70. The van der Waals surface area contributed by atoms with Gasteiger partial charge >= 0.3 is 5.97 Å². The van der Waals surface area contributed by atoms with Crippen molar-refractivity contribution in [3.05, 3.63) is 53.1 Å². The monoisotopic (exact) mass is 274 g/mol. The molecule has 0 radical (unpaired) electrons. The van der Waals surface area contributed by atoms with Crippen LogP contribution in [0.25, 0.3) is 0 Å². The Morgan fingerprint density at radius 3 is 2.55 bits per heavy atom. The number of carboxylic acid groups (broad SMARTS) is 1. The number of methoxy groups -OCH3 is 1. The Morgan fingerprint density at radius 1 is 1.30 bits per heavy atom. The lowest BCUT2D eigenvalue weighted by Gasteiger charge is -2.07. The molecule has 1 aromatic rings. The van der Waals surface area contributed by atoms with E-state index in [2.05, 4.69) is 0 Å². The van der Waals surface area contributed by atoms with Gasteiger partial charge in [0.2, 0.25) is 0 Å². The number of rotatable bonds is 6. The Hall–Kier alpha value is -2.36. The van der Waals surface area contributed by atoms with Crippen molar-refractivity contribution in [2.75, 3.05) is 7.11 Å². The van der Waals surface area contributed by atoms with Gasteiger partial charge in [-0.2, -0.15) is 0 Å². The molecule has 0 unspecified atom stereocenters. The Balaban J connectivity index is 3.02. The average molecular weight is 274 g/mol. The maximum atomic E-state index is 12.1. The molecule has 0 aliphatic rings. The van der Waals surface area contributed by atoms with E-state index in [1.165, 1.54) is 19.3 Å². The van der Waals surface area contributed by atoms with E-state index in [0.717, 1.165) is 18.1 Å². The number of ether oxygens (including phenoxy) is 1. The summed E-state index contributed by atoms with van der Waals surface area (Å²) in [7, 11) is 1.51. The smallest absolute Gasteiger partial charge is 0.328 e. The summed E-state index contributed by atoms with van der Waals surface area (Å²) < 4.78 is 5.17. The lowest BCUT2D eigenvalue weighted by atomic mass is 10.0. The number of hydrogen-bond donors (Lipinski definition) is 1. The number of ketones is 1. The maximum Gasteiger partial charge on any atom is 0.328 e. The van der Waals surface area contributed by atoms with Crippen molar-refractivity contribution in [2.45, 2.75) is 20.3 Å². The first-order valence-electron chi connectivity index (χ1n) is 6.28. The minimum absolute atomic E-state index is 0.213. The first-order chi connectivity index (χ1) is 9.47.